The van der Waals surface area contributed by atoms with Crippen LogP contribution in [0.5, 0.6) is 5.75 Å². The van der Waals surface area contributed by atoms with Crippen LogP contribution in [0.1, 0.15) is 35.6 Å². The summed E-state index contributed by atoms with van der Waals surface area (Å²) >= 11 is 0. The Bertz CT molecular complexity index is 847. The van der Waals surface area contributed by atoms with Gasteiger partial charge in [-0.1, -0.05) is 29.8 Å². The molecule has 1 aliphatic rings. The Kier molecular flexibility index (Phi) is 6.31. The summed E-state index contributed by atoms with van der Waals surface area (Å²) in [5, 5.41) is 11.7. The third-order valence-corrected chi connectivity index (χ3v) is 4.88. The van der Waals surface area contributed by atoms with Crippen LogP contribution in [0.15, 0.2) is 42.5 Å². The Balaban J connectivity index is 1.71. The van der Waals surface area contributed by atoms with E-state index < -0.39 is 12.6 Å². The second-order valence-electron chi connectivity index (χ2n) is 7.10. The van der Waals surface area contributed by atoms with Crippen molar-refractivity contribution in [2.45, 2.75) is 32.8 Å². The first-order valence-corrected chi connectivity index (χ1v) is 9.38. The topological polar surface area (TPSA) is 84.9 Å². The number of rotatable bonds is 6. The summed E-state index contributed by atoms with van der Waals surface area (Å²) in [6.07, 6.45) is 1.36. The summed E-state index contributed by atoms with van der Waals surface area (Å²) in [5.74, 6) is -0.919. The second-order valence-corrected chi connectivity index (χ2v) is 7.10. The van der Waals surface area contributed by atoms with E-state index in [9.17, 15) is 9.59 Å². The van der Waals surface area contributed by atoms with Crippen molar-refractivity contribution >= 4 is 17.6 Å². The molecule has 0 spiro atoms. The van der Waals surface area contributed by atoms with Gasteiger partial charge in [-0.3, -0.25) is 4.79 Å². The number of carbonyl (C=O) groups is 2. The van der Waals surface area contributed by atoms with E-state index in [-0.39, 0.29) is 17.9 Å². The lowest BCUT2D eigenvalue weighted by molar-refractivity contribution is -0.139. The summed E-state index contributed by atoms with van der Waals surface area (Å²) in [6.45, 7) is 4.13. The minimum atomic E-state index is -1.03. The molecule has 1 fully saturated rings. The normalized spacial score (nSPS) is 19.1. The van der Waals surface area contributed by atoms with Gasteiger partial charge in [-0.2, -0.15) is 0 Å². The molecule has 0 aromatic heterocycles. The second kappa shape index (κ2) is 8.89. The summed E-state index contributed by atoms with van der Waals surface area (Å²) < 4.78 is 11.1. The number of anilines is 1. The fourth-order valence-electron chi connectivity index (χ4n) is 3.37. The van der Waals surface area contributed by atoms with Gasteiger partial charge in [0.1, 0.15) is 5.75 Å². The number of carbonyl (C=O) groups excluding carboxylic acids is 1. The molecule has 0 aliphatic carbocycles. The van der Waals surface area contributed by atoms with Gasteiger partial charge in [-0.25, -0.2) is 4.79 Å². The van der Waals surface area contributed by atoms with E-state index in [4.69, 9.17) is 14.6 Å². The van der Waals surface area contributed by atoms with Crippen LogP contribution in [0.4, 0.5) is 5.69 Å². The molecule has 0 saturated carbocycles. The molecule has 1 aliphatic heterocycles. The Hall–Kier alpha value is -2.86. The summed E-state index contributed by atoms with van der Waals surface area (Å²) in [4.78, 5) is 23.6. The van der Waals surface area contributed by atoms with Gasteiger partial charge in [0.2, 0.25) is 5.91 Å². The zero-order valence-electron chi connectivity index (χ0n) is 16.1. The molecule has 148 valence electrons. The quantitative estimate of drug-likeness (QED) is 0.791. The van der Waals surface area contributed by atoms with Crippen LogP contribution in [0.3, 0.4) is 0 Å². The highest BCUT2D eigenvalue weighted by molar-refractivity contribution is 5.93. The molecule has 1 saturated heterocycles. The molecule has 2 atom stereocenters. The average Bonchev–Trinajstić information content (AvgIpc) is 2.69. The van der Waals surface area contributed by atoms with E-state index in [2.05, 4.69) is 5.32 Å². The predicted octanol–water partition coefficient (Wildman–Crippen LogP) is 3.87. The van der Waals surface area contributed by atoms with Gasteiger partial charge >= 0.3 is 5.97 Å². The largest absolute Gasteiger partial charge is 0.482 e. The maximum Gasteiger partial charge on any atom is 0.341 e. The molecule has 6 nitrogen and oxygen atoms in total. The first-order valence-electron chi connectivity index (χ1n) is 9.38. The number of benzene rings is 2. The van der Waals surface area contributed by atoms with Crippen LogP contribution < -0.4 is 10.1 Å². The molecular formula is C22H25NO5. The zero-order chi connectivity index (χ0) is 20.1. The summed E-state index contributed by atoms with van der Waals surface area (Å²) in [5.41, 5.74) is 3.67. The van der Waals surface area contributed by atoms with Gasteiger partial charge in [0.15, 0.2) is 6.61 Å². The van der Waals surface area contributed by atoms with E-state index >= 15 is 0 Å². The maximum absolute atomic E-state index is 13.0. The summed E-state index contributed by atoms with van der Waals surface area (Å²) in [6, 6.07) is 13.2. The minimum absolute atomic E-state index is 0.0763. The Morgan fingerprint density at radius 3 is 2.61 bits per heavy atom. The molecule has 0 bridgehead atoms. The van der Waals surface area contributed by atoms with Crippen molar-refractivity contribution in [2.24, 2.45) is 5.92 Å². The van der Waals surface area contributed by atoms with Gasteiger partial charge in [0, 0.05) is 12.3 Å². The third-order valence-electron chi connectivity index (χ3n) is 4.88. The standard InChI is InChI=1S/C22H25NO5/c1-14-5-7-16(8-6-14)21-18(4-3-11-27-21)22(26)23-19-10-9-17(12-15(19)2)28-13-20(24)25/h5-10,12,18,21H,3-4,11,13H2,1-2H3,(H,23,26)(H,24,25). The number of carboxylic acid groups (broad SMARTS) is 1. The smallest absolute Gasteiger partial charge is 0.341 e. The van der Waals surface area contributed by atoms with E-state index in [1.165, 1.54) is 5.56 Å². The molecule has 3 rings (SSSR count). The zero-order valence-corrected chi connectivity index (χ0v) is 16.1. The van der Waals surface area contributed by atoms with E-state index in [0.717, 1.165) is 24.0 Å². The van der Waals surface area contributed by atoms with Crippen molar-refractivity contribution in [2.75, 3.05) is 18.5 Å². The molecule has 1 heterocycles. The number of carboxylic acids is 1. The first kappa shape index (κ1) is 19.9. The van der Waals surface area contributed by atoms with E-state index in [1.54, 1.807) is 18.2 Å². The minimum Gasteiger partial charge on any atom is -0.482 e. The van der Waals surface area contributed by atoms with Crippen molar-refractivity contribution in [3.05, 3.63) is 59.2 Å². The molecule has 6 heteroatoms. The molecule has 28 heavy (non-hydrogen) atoms. The molecule has 0 radical (unpaired) electrons. The van der Waals surface area contributed by atoms with Gasteiger partial charge in [0.05, 0.1) is 12.0 Å². The molecule has 2 unspecified atom stereocenters. The molecular weight excluding hydrogens is 358 g/mol. The molecule has 2 aromatic carbocycles. The van der Waals surface area contributed by atoms with Crippen LogP contribution >= 0.6 is 0 Å². The lowest BCUT2D eigenvalue weighted by atomic mass is 9.88. The highest BCUT2D eigenvalue weighted by Crippen LogP contribution is 2.35. The lowest BCUT2D eigenvalue weighted by Crippen LogP contribution is -2.33. The van der Waals surface area contributed by atoms with Crippen LogP contribution in [0.2, 0.25) is 0 Å². The van der Waals surface area contributed by atoms with Gasteiger partial charge < -0.3 is 19.9 Å². The number of aliphatic carboxylic acids is 1. The number of hydrogen-bond acceptors (Lipinski definition) is 4. The van der Waals surface area contributed by atoms with E-state index in [0.29, 0.717) is 18.0 Å². The fourth-order valence-corrected chi connectivity index (χ4v) is 3.37. The Morgan fingerprint density at radius 1 is 1.18 bits per heavy atom. The maximum atomic E-state index is 13.0. The molecule has 1 amide bonds. The SMILES string of the molecule is Cc1ccc(C2OCCCC2C(=O)Nc2ccc(OCC(=O)O)cc2C)cc1. The fraction of sp³-hybridized carbons (Fsp3) is 0.364. The monoisotopic (exact) mass is 383 g/mol. The number of hydrogen-bond donors (Lipinski definition) is 2. The van der Waals surface area contributed by atoms with Gasteiger partial charge in [-0.05, 0) is 56.0 Å². The van der Waals surface area contributed by atoms with Crippen molar-refractivity contribution in [3.8, 4) is 5.75 Å². The van der Waals surface area contributed by atoms with Gasteiger partial charge in [0.25, 0.3) is 0 Å². The molecule has 2 aromatic rings. The Morgan fingerprint density at radius 2 is 1.93 bits per heavy atom. The number of aryl methyl sites for hydroxylation is 2. The number of nitrogens with one attached hydrogen (secondary N) is 1. The summed E-state index contributed by atoms with van der Waals surface area (Å²) in [7, 11) is 0. The average molecular weight is 383 g/mol. The van der Waals surface area contributed by atoms with Crippen molar-refractivity contribution in [3.63, 3.8) is 0 Å². The van der Waals surface area contributed by atoms with Crippen LogP contribution in [0, 0.1) is 19.8 Å². The van der Waals surface area contributed by atoms with E-state index in [1.807, 2.05) is 38.1 Å². The first-order chi connectivity index (χ1) is 13.4. The number of amides is 1. The van der Waals surface area contributed by atoms with Crippen LogP contribution in [-0.2, 0) is 14.3 Å². The highest BCUT2D eigenvalue weighted by atomic mass is 16.5. The van der Waals surface area contributed by atoms with Crippen molar-refractivity contribution in [1.29, 1.82) is 0 Å². The Labute approximate surface area is 164 Å². The van der Waals surface area contributed by atoms with Crippen LogP contribution in [0.25, 0.3) is 0 Å². The van der Waals surface area contributed by atoms with Gasteiger partial charge in [-0.15, -0.1) is 0 Å². The van der Waals surface area contributed by atoms with Crippen molar-refractivity contribution in [1.82, 2.24) is 0 Å². The van der Waals surface area contributed by atoms with Crippen molar-refractivity contribution < 1.29 is 24.2 Å². The van der Waals surface area contributed by atoms with Crippen LogP contribution in [-0.4, -0.2) is 30.2 Å². The lowest BCUT2D eigenvalue weighted by Gasteiger charge is -2.31. The highest BCUT2D eigenvalue weighted by Gasteiger charge is 2.33. The third kappa shape index (κ3) is 4.89. The predicted molar refractivity (Wildman–Crippen MR) is 106 cm³/mol. The molecule has 2 N–H and O–H groups in total. The number of ether oxygens (including phenoxy) is 2.